The molecule has 0 bridgehead atoms. The lowest BCUT2D eigenvalue weighted by atomic mass is 10.1. The van der Waals surface area contributed by atoms with Crippen LogP contribution in [-0.2, 0) is 4.57 Å². The van der Waals surface area contributed by atoms with Crippen LogP contribution in [0.25, 0.3) is 10.8 Å². The van der Waals surface area contributed by atoms with Crippen LogP contribution in [0.5, 0.6) is 0 Å². The van der Waals surface area contributed by atoms with Gasteiger partial charge in [0.15, 0.2) is 7.14 Å². The van der Waals surface area contributed by atoms with Crippen molar-refractivity contribution >= 4 is 45.5 Å². The summed E-state index contributed by atoms with van der Waals surface area (Å²) in [6, 6.07) is 31.3. The van der Waals surface area contributed by atoms with Crippen molar-refractivity contribution in [3.8, 4) is 0 Å². The van der Waals surface area contributed by atoms with Gasteiger partial charge in [0, 0.05) is 33.4 Å². The van der Waals surface area contributed by atoms with Crippen molar-refractivity contribution in [2.24, 2.45) is 0 Å². The van der Waals surface area contributed by atoms with Gasteiger partial charge >= 0.3 is 6.03 Å². The maximum absolute atomic E-state index is 15.1. The minimum Gasteiger partial charge on any atom is -0.319 e. The third kappa shape index (κ3) is 3.82. The van der Waals surface area contributed by atoms with E-state index in [9.17, 15) is 4.79 Å². The maximum atomic E-state index is 15.1. The predicted molar refractivity (Wildman–Crippen MR) is 142 cm³/mol. The number of nitrogens with zero attached hydrogens (tertiary/aromatic N) is 1. The van der Waals surface area contributed by atoms with Gasteiger partial charge in [0.05, 0.1) is 5.69 Å². The van der Waals surface area contributed by atoms with Crippen molar-refractivity contribution in [2.45, 2.75) is 38.8 Å². The van der Waals surface area contributed by atoms with E-state index in [4.69, 9.17) is 0 Å². The summed E-state index contributed by atoms with van der Waals surface area (Å²) < 4.78 is 15.1. The number of urea groups is 1. The Kier molecular flexibility index (Phi) is 6.02. The van der Waals surface area contributed by atoms with Crippen molar-refractivity contribution in [2.75, 3.05) is 5.32 Å². The summed E-state index contributed by atoms with van der Waals surface area (Å²) in [7, 11) is -3.27. The quantitative estimate of drug-likeness (QED) is 0.380. The number of likely N-dealkylation sites (tertiary alicyclic amines) is 1. The molecule has 2 amide bonds. The lowest BCUT2D eigenvalue weighted by Crippen LogP contribution is -2.42. The molecule has 4 aromatic rings. The number of amides is 2. The Morgan fingerprint density at radius 2 is 1.29 bits per heavy atom. The van der Waals surface area contributed by atoms with Crippen LogP contribution in [0.3, 0.4) is 0 Å². The second-order valence-corrected chi connectivity index (χ2v) is 11.8. The number of hydrogen-bond acceptors (Lipinski definition) is 2. The average molecular weight is 469 g/mol. The lowest BCUT2D eigenvalue weighted by Gasteiger charge is -2.29. The molecule has 1 aliphatic heterocycles. The second-order valence-electron chi connectivity index (χ2n) is 9.07. The van der Waals surface area contributed by atoms with Crippen LogP contribution >= 0.6 is 7.14 Å². The number of hydrogen-bond donors (Lipinski definition) is 1. The molecule has 4 aromatic carbocycles. The van der Waals surface area contributed by atoms with E-state index in [1.807, 2.05) is 102 Å². The molecule has 5 heteroatoms. The van der Waals surface area contributed by atoms with Crippen molar-refractivity contribution in [1.29, 1.82) is 0 Å². The van der Waals surface area contributed by atoms with Crippen LogP contribution in [0, 0.1) is 0 Å². The molecule has 0 radical (unpaired) electrons. The number of rotatable bonds is 4. The fourth-order valence-electron chi connectivity index (χ4n) is 5.12. The fourth-order valence-corrected chi connectivity index (χ4v) is 7.94. The van der Waals surface area contributed by atoms with Gasteiger partial charge < -0.3 is 14.8 Å². The number of benzene rings is 4. The van der Waals surface area contributed by atoms with Gasteiger partial charge in [-0.1, -0.05) is 91.0 Å². The Morgan fingerprint density at radius 3 is 1.88 bits per heavy atom. The van der Waals surface area contributed by atoms with Gasteiger partial charge in [-0.15, -0.1) is 0 Å². The van der Waals surface area contributed by atoms with E-state index in [1.54, 1.807) is 0 Å². The fraction of sp³-hybridized carbons (Fsp3) is 0.207. The molecule has 0 spiro atoms. The van der Waals surface area contributed by atoms with Crippen LogP contribution in [-0.4, -0.2) is 23.0 Å². The molecule has 172 valence electrons. The van der Waals surface area contributed by atoms with Crippen molar-refractivity contribution in [3.05, 3.63) is 97.1 Å². The highest BCUT2D eigenvalue weighted by atomic mass is 31.2. The summed E-state index contributed by atoms with van der Waals surface area (Å²) >= 11 is 0. The summed E-state index contributed by atoms with van der Waals surface area (Å²) in [5.41, 5.74) is 0.630. The third-order valence-corrected chi connectivity index (χ3v) is 10.0. The van der Waals surface area contributed by atoms with Crippen molar-refractivity contribution in [3.63, 3.8) is 0 Å². The Hall–Kier alpha value is -3.36. The zero-order valence-corrected chi connectivity index (χ0v) is 20.4. The molecule has 4 nitrogen and oxygen atoms in total. The first kappa shape index (κ1) is 22.4. The molecule has 1 fully saturated rings. The van der Waals surface area contributed by atoms with E-state index in [1.165, 1.54) is 0 Å². The summed E-state index contributed by atoms with van der Waals surface area (Å²) in [5.74, 6) is 0. The number of fused-ring (bicyclic) bond motifs is 1. The molecule has 0 saturated carbocycles. The molecular weight excluding hydrogens is 439 g/mol. The van der Waals surface area contributed by atoms with Gasteiger partial charge in [0.25, 0.3) is 0 Å². The number of carbonyl (C=O) groups excluding carboxylic acids is 1. The van der Waals surface area contributed by atoms with Crippen molar-refractivity contribution in [1.82, 2.24) is 4.90 Å². The van der Waals surface area contributed by atoms with E-state index >= 15 is 4.57 Å². The molecule has 1 aliphatic rings. The molecule has 0 aliphatic carbocycles. The predicted octanol–water partition coefficient (Wildman–Crippen LogP) is 5.88. The van der Waals surface area contributed by atoms with Crippen molar-refractivity contribution < 1.29 is 9.36 Å². The summed E-state index contributed by atoms with van der Waals surface area (Å²) in [5, 5.41) is 7.24. The Labute approximate surface area is 201 Å². The smallest absolute Gasteiger partial charge is 0.319 e. The zero-order valence-electron chi connectivity index (χ0n) is 19.5. The first-order valence-corrected chi connectivity index (χ1v) is 13.5. The summed E-state index contributed by atoms with van der Waals surface area (Å²) in [6.07, 6.45) is 1.98. The molecule has 5 rings (SSSR count). The Morgan fingerprint density at radius 1 is 0.765 bits per heavy atom. The first-order valence-electron chi connectivity index (χ1n) is 11.8. The summed E-state index contributed by atoms with van der Waals surface area (Å²) in [4.78, 5) is 15.5. The topological polar surface area (TPSA) is 49.4 Å². The second kappa shape index (κ2) is 9.12. The standard InChI is InChI=1S/C29H29N2O2P/c1-21-17-18-22(2)31(21)29(32)30-28-26-16-10-9-11-23(26)19-20-27(28)34(33,24-12-5-3-6-13-24)25-14-7-4-8-15-25/h3-16,19-22H,17-18H2,1-2H3,(H,30,32). The molecule has 2 unspecified atom stereocenters. The van der Waals surface area contributed by atoms with E-state index in [0.29, 0.717) is 11.0 Å². The van der Waals surface area contributed by atoms with Gasteiger partial charge in [-0.2, -0.15) is 0 Å². The van der Waals surface area contributed by atoms with Crippen LogP contribution in [0.15, 0.2) is 97.1 Å². The normalized spacial score (nSPS) is 18.2. The van der Waals surface area contributed by atoms with Gasteiger partial charge in [0.2, 0.25) is 0 Å². The van der Waals surface area contributed by atoms with Gasteiger partial charge in [0.1, 0.15) is 0 Å². The van der Waals surface area contributed by atoms with Gasteiger partial charge in [-0.05, 0) is 38.1 Å². The lowest BCUT2D eigenvalue weighted by molar-refractivity contribution is 0.194. The Balaban J connectivity index is 1.74. The highest BCUT2D eigenvalue weighted by molar-refractivity contribution is 7.85. The average Bonchev–Trinajstić information content (AvgIpc) is 3.22. The third-order valence-electron chi connectivity index (χ3n) is 6.90. The number of carbonyl (C=O) groups is 1. The molecule has 0 aromatic heterocycles. The summed E-state index contributed by atoms with van der Waals surface area (Å²) in [6.45, 7) is 4.18. The molecule has 2 atom stereocenters. The largest absolute Gasteiger partial charge is 0.322 e. The number of nitrogens with one attached hydrogen (secondary N) is 1. The highest BCUT2D eigenvalue weighted by Gasteiger charge is 2.35. The highest BCUT2D eigenvalue weighted by Crippen LogP contribution is 2.46. The van der Waals surface area contributed by atoms with Crippen LogP contribution < -0.4 is 21.2 Å². The van der Waals surface area contributed by atoms with E-state index in [2.05, 4.69) is 19.2 Å². The molecule has 1 heterocycles. The van der Waals surface area contributed by atoms with E-state index in [-0.39, 0.29) is 18.1 Å². The van der Waals surface area contributed by atoms with Crippen LogP contribution in [0.2, 0.25) is 0 Å². The minimum atomic E-state index is -3.27. The molecule has 1 N–H and O–H groups in total. The van der Waals surface area contributed by atoms with Gasteiger partial charge in [-0.3, -0.25) is 0 Å². The minimum absolute atomic E-state index is 0.136. The zero-order chi connectivity index (χ0) is 23.7. The van der Waals surface area contributed by atoms with Crippen LogP contribution in [0.1, 0.15) is 26.7 Å². The molecular formula is C29H29N2O2P. The van der Waals surface area contributed by atoms with E-state index in [0.717, 1.165) is 34.2 Å². The van der Waals surface area contributed by atoms with E-state index < -0.39 is 7.14 Å². The molecule has 34 heavy (non-hydrogen) atoms. The monoisotopic (exact) mass is 468 g/mol. The SMILES string of the molecule is CC1CCC(C)N1C(=O)Nc1c(P(=O)(c2ccccc2)c2ccccc2)ccc2ccccc12. The van der Waals surface area contributed by atoms with Crippen LogP contribution in [0.4, 0.5) is 10.5 Å². The molecule has 1 saturated heterocycles. The maximum Gasteiger partial charge on any atom is 0.322 e. The first-order chi connectivity index (χ1) is 16.5. The Bertz CT molecular complexity index is 1320. The van der Waals surface area contributed by atoms with Gasteiger partial charge in [-0.25, -0.2) is 4.79 Å². The number of anilines is 1.